The first-order valence-electron chi connectivity index (χ1n) is 8.59. The predicted octanol–water partition coefficient (Wildman–Crippen LogP) is 5.36. The lowest BCUT2D eigenvalue weighted by atomic mass is 10.1. The Hall–Kier alpha value is -2.00. The maximum Gasteiger partial charge on any atom is 0.307 e. The number of nitrogens with one attached hydrogen (secondary N) is 1. The van der Waals surface area contributed by atoms with Crippen molar-refractivity contribution in [3.63, 3.8) is 0 Å². The third kappa shape index (κ3) is 4.65. The molecule has 0 amide bonds. The SMILES string of the molecule is CCc1c(C)nc(-c2cc(C)c(I)s2)nc1Nc1ccc(CC(=O)O)cc1. The van der Waals surface area contributed by atoms with Crippen LogP contribution in [0.4, 0.5) is 11.5 Å². The number of carboxylic acid groups (broad SMARTS) is 1. The normalized spacial score (nSPS) is 10.8. The molecule has 0 unspecified atom stereocenters. The van der Waals surface area contributed by atoms with Crippen molar-refractivity contribution in [2.75, 3.05) is 5.32 Å². The summed E-state index contributed by atoms with van der Waals surface area (Å²) in [5, 5.41) is 12.3. The lowest BCUT2D eigenvalue weighted by molar-refractivity contribution is -0.136. The standard InChI is InChI=1S/C20H20IN3O2S/c1-4-15-12(3)22-20(16-9-11(2)18(21)27-16)24-19(15)23-14-7-5-13(6-8-14)10-17(25)26/h5-9H,4,10H2,1-3H3,(H,25,26)(H,22,23,24). The Labute approximate surface area is 176 Å². The lowest BCUT2D eigenvalue weighted by Crippen LogP contribution is -2.05. The molecular weight excluding hydrogens is 473 g/mol. The largest absolute Gasteiger partial charge is 0.481 e. The van der Waals surface area contributed by atoms with Gasteiger partial charge in [-0.2, -0.15) is 0 Å². The zero-order valence-corrected chi connectivity index (χ0v) is 18.3. The van der Waals surface area contributed by atoms with Crippen LogP contribution in [0.15, 0.2) is 30.3 Å². The molecule has 5 nitrogen and oxygen atoms in total. The van der Waals surface area contributed by atoms with Crippen LogP contribution in [-0.2, 0) is 17.6 Å². The molecular formula is C20H20IN3O2S. The van der Waals surface area contributed by atoms with Gasteiger partial charge >= 0.3 is 5.97 Å². The molecule has 0 aliphatic heterocycles. The van der Waals surface area contributed by atoms with E-state index in [4.69, 9.17) is 15.1 Å². The lowest BCUT2D eigenvalue weighted by Gasteiger charge is -2.14. The molecule has 1 aromatic carbocycles. The van der Waals surface area contributed by atoms with E-state index < -0.39 is 5.97 Å². The van der Waals surface area contributed by atoms with E-state index >= 15 is 0 Å². The van der Waals surface area contributed by atoms with Crippen molar-refractivity contribution >= 4 is 51.4 Å². The Balaban J connectivity index is 1.94. The smallest absolute Gasteiger partial charge is 0.307 e. The summed E-state index contributed by atoms with van der Waals surface area (Å²) in [6.45, 7) is 6.19. The Morgan fingerprint density at radius 2 is 1.93 bits per heavy atom. The molecule has 7 heteroatoms. The van der Waals surface area contributed by atoms with Crippen LogP contribution < -0.4 is 5.32 Å². The molecule has 0 atom stereocenters. The number of halogens is 1. The molecule has 27 heavy (non-hydrogen) atoms. The molecule has 0 radical (unpaired) electrons. The summed E-state index contributed by atoms with van der Waals surface area (Å²) < 4.78 is 1.24. The van der Waals surface area contributed by atoms with Crippen LogP contribution in [0.3, 0.4) is 0 Å². The van der Waals surface area contributed by atoms with E-state index in [0.29, 0.717) is 0 Å². The zero-order valence-electron chi connectivity index (χ0n) is 15.3. The van der Waals surface area contributed by atoms with Crippen LogP contribution in [0.1, 0.15) is 29.3 Å². The average molecular weight is 493 g/mol. The molecule has 0 bridgehead atoms. The highest BCUT2D eigenvalue weighted by Crippen LogP contribution is 2.32. The minimum atomic E-state index is -0.832. The highest BCUT2D eigenvalue weighted by molar-refractivity contribution is 14.1. The Kier molecular flexibility index (Phi) is 6.11. The van der Waals surface area contributed by atoms with Crippen molar-refractivity contribution in [3.8, 4) is 10.7 Å². The molecule has 0 aliphatic carbocycles. The highest BCUT2D eigenvalue weighted by atomic mass is 127. The maximum atomic E-state index is 10.8. The summed E-state index contributed by atoms with van der Waals surface area (Å²) in [5.74, 6) is 0.693. The second kappa shape index (κ2) is 8.35. The maximum absolute atomic E-state index is 10.8. The van der Waals surface area contributed by atoms with Gasteiger partial charge in [0.15, 0.2) is 5.82 Å². The fourth-order valence-electron chi connectivity index (χ4n) is 2.82. The minimum absolute atomic E-state index is 0.0214. The van der Waals surface area contributed by atoms with E-state index in [0.717, 1.165) is 45.4 Å². The number of carboxylic acids is 1. The predicted molar refractivity (Wildman–Crippen MR) is 118 cm³/mol. The molecule has 140 valence electrons. The highest BCUT2D eigenvalue weighted by Gasteiger charge is 2.14. The van der Waals surface area contributed by atoms with Gasteiger partial charge in [-0.05, 0) is 72.2 Å². The van der Waals surface area contributed by atoms with Gasteiger partial charge < -0.3 is 10.4 Å². The van der Waals surface area contributed by atoms with E-state index in [-0.39, 0.29) is 6.42 Å². The number of rotatable bonds is 6. The van der Waals surface area contributed by atoms with Gasteiger partial charge in [0.25, 0.3) is 0 Å². The van der Waals surface area contributed by atoms with Crippen molar-refractivity contribution < 1.29 is 9.90 Å². The number of aromatic nitrogens is 2. The summed E-state index contributed by atoms with van der Waals surface area (Å²) in [6, 6.07) is 9.53. The fraction of sp³-hybridized carbons (Fsp3) is 0.250. The van der Waals surface area contributed by atoms with Gasteiger partial charge in [0.05, 0.1) is 14.2 Å². The quantitative estimate of drug-likeness (QED) is 0.453. The van der Waals surface area contributed by atoms with Crippen LogP contribution in [-0.4, -0.2) is 21.0 Å². The van der Waals surface area contributed by atoms with Gasteiger partial charge in [0.1, 0.15) is 5.82 Å². The Bertz CT molecular complexity index is 964. The van der Waals surface area contributed by atoms with Gasteiger partial charge in [0.2, 0.25) is 0 Å². The number of carbonyl (C=O) groups is 1. The monoisotopic (exact) mass is 493 g/mol. The first-order chi connectivity index (χ1) is 12.9. The molecule has 0 saturated carbocycles. The number of aryl methyl sites for hydroxylation is 2. The van der Waals surface area contributed by atoms with Gasteiger partial charge in [0, 0.05) is 16.9 Å². The summed E-state index contributed by atoms with van der Waals surface area (Å²) in [6.07, 6.45) is 0.847. The number of thiophene rings is 1. The van der Waals surface area contributed by atoms with E-state index in [1.54, 1.807) is 11.3 Å². The molecule has 2 aromatic heterocycles. The van der Waals surface area contributed by atoms with Crippen LogP contribution in [0, 0.1) is 16.7 Å². The second-order valence-corrected chi connectivity index (χ2v) is 9.14. The molecule has 3 rings (SSSR count). The van der Waals surface area contributed by atoms with Crippen molar-refractivity contribution in [3.05, 3.63) is 55.6 Å². The molecule has 0 fully saturated rings. The van der Waals surface area contributed by atoms with E-state index in [1.165, 1.54) is 8.45 Å². The summed E-state index contributed by atoms with van der Waals surface area (Å²) in [4.78, 5) is 21.4. The summed E-state index contributed by atoms with van der Waals surface area (Å²) in [5.41, 5.74) is 4.93. The third-order valence-corrected chi connectivity index (χ3v) is 6.75. The molecule has 2 heterocycles. The van der Waals surface area contributed by atoms with Crippen LogP contribution in [0.25, 0.3) is 10.7 Å². The van der Waals surface area contributed by atoms with Crippen LogP contribution in [0.2, 0.25) is 0 Å². The number of anilines is 2. The first-order valence-corrected chi connectivity index (χ1v) is 10.5. The number of hydrogen-bond donors (Lipinski definition) is 2. The molecule has 0 spiro atoms. The van der Waals surface area contributed by atoms with Gasteiger partial charge in [-0.15, -0.1) is 11.3 Å². The van der Waals surface area contributed by atoms with Gasteiger partial charge in [-0.3, -0.25) is 4.79 Å². The summed E-state index contributed by atoms with van der Waals surface area (Å²) >= 11 is 4.03. The van der Waals surface area contributed by atoms with Crippen molar-refractivity contribution in [2.24, 2.45) is 0 Å². The topological polar surface area (TPSA) is 75.1 Å². The summed E-state index contributed by atoms with van der Waals surface area (Å²) in [7, 11) is 0. The van der Waals surface area contributed by atoms with Gasteiger partial charge in [-0.1, -0.05) is 19.1 Å². The first kappa shape index (κ1) is 19.8. The number of benzene rings is 1. The van der Waals surface area contributed by atoms with Gasteiger partial charge in [-0.25, -0.2) is 9.97 Å². The number of hydrogen-bond acceptors (Lipinski definition) is 5. The number of aliphatic carboxylic acids is 1. The van der Waals surface area contributed by atoms with Crippen molar-refractivity contribution in [2.45, 2.75) is 33.6 Å². The van der Waals surface area contributed by atoms with E-state index in [2.05, 4.69) is 47.8 Å². The third-order valence-electron chi connectivity index (χ3n) is 4.22. The van der Waals surface area contributed by atoms with E-state index in [9.17, 15) is 4.79 Å². The van der Waals surface area contributed by atoms with Crippen molar-refractivity contribution in [1.82, 2.24) is 9.97 Å². The van der Waals surface area contributed by atoms with Crippen LogP contribution in [0.5, 0.6) is 0 Å². The van der Waals surface area contributed by atoms with Crippen LogP contribution >= 0.6 is 33.9 Å². The molecule has 0 aliphatic rings. The Morgan fingerprint density at radius 1 is 1.22 bits per heavy atom. The Morgan fingerprint density at radius 3 is 2.48 bits per heavy atom. The van der Waals surface area contributed by atoms with E-state index in [1.807, 2.05) is 31.2 Å². The van der Waals surface area contributed by atoms with Crippen molar-refractivity contribution in [1.29, 1.82) is 0 Å². The fourth-order valence-corrected chi connectivity index (χ4v) is 4.52. The molecule has 2 N–H and O–H groups in total. The molecule has 3 aromatic rings. The zero-order chi connectivity index (χ0) is 19.6. The average Bonchev–Trinajstić information content (AvgIpc) is 2.95. The second-order valence-electron chi connectivity index (χ2n) is 6.27. The number of nitrogens with zero attached hydrogens (tertiary/aromatic N) is 2. The minimum Gasteiger partial charge on any atom is -0.481 e. The molecule has 0 saturated heterocycles.